The van der Waals surface area contributed by atoms with Crippen LogP contribution in [0.5, 0.6) is 5.75 Å². The van der Waals surface area contributed by atoms with Crippen LogP contribution < -0.4 is 4.90 Å². The Morgan fingerprint density at radius 1 is 0.806 bits per heavy atom. The van der Waals surface area contributed by atoms with Crippen LogP contribution in [0.25, 0.3) is 22.3 Å². The smallest absolute Gasteiger partial charge is 0.416 e. The van der Waals surface area contributed by atoms with E-state index in [0.717, 1.165) is 23.3 Å². The molecule has 0 aliphatic rings. The minimum atomic E-state index is -4.46. The summed E-state index contributed by atoms with van der Waals surface area (Å²) >= 11 is 0. The van der Waals surface area contributed by atoms with E-state index in [1.807, 2.05) is 42.5 Å². The zero-order valence-electron chi connectivity index (χ0n) is 19.2. The summed E-state index contributed by atoms with van der Waals surface area (Å²) in [6.07, 6.45) is -3.84. The van der Waals surface area contributed by atoms with Gasteiger partial charge in [-0.1, -0.05) is 60.7 Å². The van der Waals surface area contributed by atoms with Crippen LogP contribution in [0, 0.1) is 0 Å². The number of amides is 1. The van der Waals surface area contributed by atoms with Gasteiger partial charge in [-0.2, -0.15) is 13.2 Å². The number of hydrogen-bond acceptors (Lipinski definition) is 3. The predicted molar refractivity (Wildman–Crippen MR) is 133 cm³/mol. The van der Waals surface area contributed by atoms with Gasteiger partial charge in [0.2, 0.25) is 0 Å². The van der Waals surface area contributed by atoms with Gasteiger partial charge in [-0.15, -0.1) is 0 Å². The maximum Gasteiger partial charge on any atom is 0.416 e. The minimum Gasteiger partial charge on any atom is -0.507 e. The molecule has 1 amide bonds. The van der Waals surface area contributed by atoms with Crippen LogP contribution in [0.15, 0.2) is 97.1 Å². The van der Waals surface area contributed by atoms with Crippen molar-refractivity contribution in [1.82, 2.24) is 0 Å². The van der Waals surface area contributed by atoms with Gasteiger partial charge in [0.1, 0.15) is 12.0 Å². The molecule has 4 nitrogen and oxygen atoms in total. The molecular formula is C29H22F3NO3. The predicted octanol–water partition coefficient (Wildman–Crippen LogP) is 6.98. The molecule has 0 aromatic heterocycles. The third kappa shape index (κ3) is 5.15. The summed E-state index contributed by atoms with van der Waals surface area (Å²) < 4.78 is 38.7. The van der Waals surface area contributed by atoms with Gasteiger partial charge in [0.15, 0.2) is 0 Å². The van der Waals surface area contributed by atoms with Crippen molar-refractivity contribution < 1.29 is 27.9 Å². The number of carbonyl (C=O) groups excluding carboxylic acids is 2. The molecule has 7 heteroatoms. The van der Waals surface area contributed by atoms with Gasteiger partial charge in [-0.3, -0.25) is 9.69 Å². The zero-order chi connectivity index (χ0) is 25.9. The summed E-state index contributed by atoms with van der Waals surface area (Å²) in [6, 6.07) is 24.7. The van der Waals surface area contributed by atoms with Crippen molar-refractivity contribution in [3.63, 3.8) is 0 Å². The summed E-state index contributed by atoms with van der Waals surface area (Å²) in [6.45, 7) is 1.56. The molecule has 0 saturated heterocycles. The van der Waals surface area contributed by atoms with E-state index in [0.29, 0.717) is 23.1 Å². The quantitative estimate of drug-likeness (QED) is 0.297. The molecule has 0 fully saturated rings. The average Bonchev–Trinajstić information content (AvgIpc) is 2.89. The van der Waals surface area contributed by atoms with E-state index in [1.165, 1.54) is 35.2 Å². The van der Waals surface area contributed by atoms with E-state index < -0.39 is 23.7 Å². The average molecular weight is 489 g/mol. The molecule has 0 unspecified atom stereocenters. The van der Waals surface area contributed by atoms with Crippen molar-refractivity contribution in [2.45, 2.75) is 19.1 Å². The Hall–Kier alpha value is -4.39. The molecule has 0 radical (unpaired) electrons. The number of carbonyl (C=O) groups is 2. The lowest BCUT2D eigenvalue weighted by Crippen LogP contribution is -2.39. The van der Waals surface area contributed by atoms with Crippen LogP contribution in [0.4, 0.5) is 18.9 Å². The Bertz CT molecular complexity index is 1370. The number of phenols is 1. The standard InChI is InChI=1S/C29H22F3NO3/c1-19(18-34)33(25-14-9-21(10-15-25)20-5-3-2-4-6-20)28(36)26-17-23(11-16-27(26)35)22-7-12-24(13-8-22)29(30,31)32/h2-19,35H,1H3/t19-/m0/s1. The highest BCUT2D eigenvalue weighted by atomic mass is 19.4. The van der Waals surface area contributed by atoms with Crippen LogP contribution in [-0.4, -0.2) is 23.3 Å². The number of alkyl halides is 3. The summed E-state index contributed by atoms with van der Waals surface area (Å²) in [5.41, 5.74) is 2.41. The van der Waals surface area contributed by atoms with Gasteiger partial charge < -0.3 is 9.90 Å². The summed E-state index contributed by atoms with van der Waals surface area (Å²) in [5, 5.41) is 10.5. The SMILES string of the molecule is C[C@@H](C=O)N(C(=O)c1cc(-c2ccc(C(F)(F)F)cc2)ccc1O)c1ccc(-c2ccccc2)cc1. The van der Waals surface area contributed by atoms with E-state index >= 15 is 0 Å². The molecule has 0 bridgehead atoms. The number of phenolic OH excluding ortho intramolecular Hbond substituents is 1. The van der Waals surface area contributed by atoms with E-state index in [-0.39, 0.29) is 11.3 Å². The number of anilines is 1. The van der Waals surface area contributed by atoms with Gasteiger partial charge in [0, 0.05) is 5.69 Å². The summed E-state index contributed by atoms with van der Waals surface area (Å²) in [4.78, 5) is 26.5. The topological polar surface area (TPSA) is 57.6 Å². The zero-order valence-corrected chi connectivity index (χ0v) is 19.2. The van der Waals surface area contributed by atoms with Crippen LogP contribution in [0.3, 0.4) is 0 Å². The van der Waals surface area contributed by atoms with Gasteiger partial charge in [-0.05, 0) is 65.6 Å². The van der Waals surface area contributed by atoms with Crippen molar-refractivity contribution in [3.05, 3.63) is 108 Å². The molecule has 0 aliphatic carbocycles. The lowest BCUT2D eigenvalue weighted by Gasteiger charge is -2.27. The molecular weight excluding hydrogens is 467 g/mol. The Morgan fingerprint density at radius 2 is 1.33 bits per heavy atom. The number of hydrogen-bond donors (Lipinski definition) is 1. The van der Waals surface area contributed by atoms with Crippen molar-refractivity contribution in [2.24, 2.45) is 0 Å². The largest absolute Gasteiger partial charge is 0.507 e. The van der Waals surface area contributed by atoms with E-state index in [4.69, 9.17) is 0 Å². The van der Waals surface area contributed by atoms with E-state index in [1.54, 1.807) is 19.1 Å². The third-order valence-electron chi connectivity index (χ3n) is 5.85. The molecule has 4 rings (SSSR count). The Morgan fingerprint density at radius 3 is 1.92 bits per heavy atom. The number of benzene rings is 4. The maximum absolute atomic E-state index is 13.5. The fourth-order valence-electron chi connectivity index (χ4n) is 3.91. The second kappa shape index (κ2) is 10.1. The van der Waals surface area contributed by atoms with Gasteiger partial charge in [-0.25, -0.2) is 0 Å². The first-order chi connectivity index (χ1) is 17.2. The normalized spacial score (nSPS) is 12.1. The Labute approximate surface area is 206 Å². The molecule has 0 spiro atoms. The highest BCUT2D eigenvalue weighted by molar-refractivity contribution is 6.10. The molecule has 4 aromatic rings. The number of nitrogens with zero attached hydrogens (tertiary/aromatic N) is 1. The molecule has 0 heterocycles. The number of aromatic hydroxyl groups is 1. The van der Waals surface area contributed by atoms with Gasteiger partial charge >= 0.3 is 6.18 Å². The van der Waals surface area contributed by atoms with Crippen LogP contribution in [-0.2, 0) is 11.0 Å². The molecule has 182 valence electrons. The van der Waals surface area contributed by atoms with Gasteiger partial charge in [0.05, 0.1) is 17.2 Å². The molecule has 4 aromatic carbocycles. The molecule has 0 aliphatic heterocycles. The van der Waals surface area contributed by atoms with Crippen molar-refractivity contribution in [2.75, 3.05) is 4.90 Å². The van der Waals surface area contributed by atoms with Crippen LogP contribution in [0.2, 0.25) is 0 Å². The molecule has 0 saturated carbocycles. The minimum absolute atomic E-state index is 0.0757. The second-order valence-electron chi connectivity index (χ2n) is 8.27. The summed E-state index contributed by atoms with van der Waals surface area (Å²) in [5.74, 6) is -0.923. The second-order valence-corrected chi connectivity index (χ2v) is 8.27. The highest BCUT2D eigenvalue weighted by Gasteiger charge is 2.30. The van der Waals surface area contributed by atoms with Crippen molar-refractivity contribution in [3.8, 4) is 28.0 Å². The van der Waals surface area contributed by atoms with E-state index in [2.05, 4.69) is 0 Å². The van der Waals surface area contributed by atoms with Gasteiger partial charge in [0.25, 0.3) is 5.91 Å². The fourth-order valence-corrected chi connectivity index (χ4v) is 3.91. The third-order valence-corrected chi connectivity index (χ3v) is 5.85. The number of aldehydes is 1. The monoisotopic (exact) mass is 489 g/mol. The first-order valence-electron chi connectivity index (χ1n) is 11.1. The number of rotatable bonds is 6. The first-order valence-corrected chi connectivity index (χ1v) is 11.1. The lowest BCUT2D eigenvalue weighted by atomic mass is 9.99. The lowest BCUT2D eigenvalue weighted by molar-refractivity contribution is -0.137. The first kappa shape index (κ1) is 24.7. The van der Waals surface area contributed by atoms with Crippen molar-refractivity contribution >= 4 is 17.9 Å². The maximum atomic E-state index is 13.5. The Balaban J connectivity index is 1.69. The molecule has 1 N–H and O–H groups in total. The van der Waals surface area contributed by atoms with Crippen LogP contribution in [0.1, 0.15) is 22.8 Å². The Kier molecular flexibility index (Phi) is 6.92. The highest BCUT2D eigenvalue weighted by Crippen LogP contribution is 2.33. The summed E-state index contributed by atoms with van der Waals surface area (Å²) in [7, 11) is 0. The van der Waals surface area contributed by atoms with Crippen LogP contribution >= 0.6 is 0 Å². The number of halogens is 3. The van der Waals surface area contributed by atoms with Crippen molar-refractivity contribution in [1.29, 1.82) is 0 Å². The molecule has 36 heavy (non-hydrogen) atoms. The van der Waals surface area contributed by atoms with E-state index in [9.17, 15) is 27.9 Å². The fraction of sp³-hybridized carbons (Fsp3) is 0.103. The molecule has 1 atom stereocenters.